The lowest BCUT2D eigenvalue weighted by Gasteiger charge is -2.17. The molecule has 1 aromatic rings. The van der Waals surface area contributed by atoms with E-state index in [9.17, 15) is 9.59 Å². The average Bonchev–Trinajstić information content (AvgIpc) is 2.99. The van der Waals surface area contributed by atoms with Gasteiger partial charge >= 0.3 is 0 Å². The number of aryl methyl sites for hydroxylation is 1. The molecule has 0 aromatic carbocycles. The third kappa shape index (κ3) is 1.86. The number of amides is 2. The van der Waals surface area contributed by atoms with E-state index in [4.69, 9.17) is 11.6 Å². The van der Waals surface area contributed by atoms with Crippen molar-refractivity contribution in [1.29, 1.82) is 0 Å². The summed E-state index contributed by atoms with van der Waals surface area (Å²) < 4.78 is 0. The van der Waals surface area contributed by atoms with Gasteiger partial charge in [-0.15, -0.1) is 0 Å². The molecule has 2 atom stereocenters. The van der Waals surface area contributed by atoms with Gasteiger partial charge in [0, 0.05) is 26.7 Å². The van der Waals surface area contributed by atoms with Crippen LogP contribution < -0.4 is 0 Å². The Morgan fingerprint density at radius 2 is 1.89 bits per heavy atom. The molecule has 19 heavy (non-hydrogen) atoms. The summed E-state index contributed by atoms with van der Waals surface area (Å²) in [5, 5.41) is 7.61. The lowest BCUT2D eigenvalue weighted by atomic mass is 10.00. The number of fused-ring (bicyclic) bond motifs is 1. The highest BCUT2D eigenvalue weighted by Gasteiger charge is 2.50. The van der Waals surface area contributed by atoms with E-state index in [1.165, 1.54) is 4.90 Å². The van der Waals surface area contributed by atoms with Gasteiger partial charge in [-0.2, -0.15) is 5.10 Å². The zero-order valence-corrected chi connectivity index (χ0v) is 11.6. The van der Waals surface area contributed by atoms with Crippen molar-refractivity contribution < 1.29 is 9.59 Å². The Balaban J connectivity index is 1.73. The Labute approximate surface area is 115 Å². The number of aromatic amines is 1. The quantitative estimate of drug-likeness (QED) is 0.798. The first kappa shape index (κ1) is 12.6. The van der Waals surface area contributed by atoms with Crippen LogP contribution in [0.2, 0.25) is 5.02 Å². The first-order valence-corrected chi connectivity index (χ1v) is 6.60. The fraction of sp³-hybridized carbons (Fsp3) is 0.583. The molecule has 6 nitrogen and oxygen atoms in total. The van der Waals surface area contributed by atoms with E-state index in [1.807, 2.05) is 6.92 Å². The van der Waals surface area contributed by atoms with Crippen molar-refractivity contribution in [2.24, 2.45) is 11.8 Å². The van der Waals surface area contributed by atoms with E-state index in [0.29, 0.717) is 24.7 Å². The Bertz CT molecular complexity index is 532. The van der Waals surface area contributed by atoms with Crippen LogP contribution in [0.1, 0.15) is 11.4 Å². The van der Waals surface area contributed by atoms with Crippen molar-refractivity contribution in [2.75, 3.05) is 20.1 Å². The summed E-state index contributed by atoms with van der Waals surface area (Å²) >= 11 is 6.13. The molecule has 0 radical (unpaired) electrons. The van der Waals surface area contributed by atoms with Crippen molar-refractivity contribution in [1.82, 2.24) is 20.0 Å². The van der Waals surface area contributed by atoms with Crippen molar-refractivity contribution in [3.8, 4) is 0 Å². The van der Waals surface area contributed by atoms with Crippen LogP contribution in [0.3, 0.4) is 0 Å². The van der Waals surface area contributed by atoms with Crippen molar-refractivity contribution in [2.45, 2.75) is 13.5 Å². The molecule has 102 valence electrons. The van der Waals surface area contributed by atoms with Gasteiger partial charge in [-0.05, 0) is 6.92 Å². The second kappa shape index (κ2) is 4.31. The van der Waals surface area contributed by atoms with E-state index in [0.717, 1.165) is 11.4 Å². The number of rotatable bonds is 2. The second-order valence-electron chi connectivity index (χ2n) is 5.25. The van der Waals surface area contributed by atoms with Crippen LogP contribution in [0.15, 0.2) is 0 Å². The number of aromatic nitrogens is 2. The predicted molar refractivity (Wildman–Crippen MR) is 68.4 cm³/mol. The fourth-order valence-electron chi connectivity index (χ4n) is 2.90. The topological polar surface area (TPSA) is 69.3 Å². The number of hydrogen-bond acceptors (Lipinski definition) is 4. The molecular formula is C12H15ClN4O2. The molecule has 0 spiro atoms. The van der Waals surface area contributed by atoms with Gasteiger partial charge in [-0.1, -0.05) is 11.6 Å². The van der Waals surface area contributed by atoms with Gasteiger partial charge < -0.3 is 0 Å². The zero-order chi connectivity index (χ0) is 13.7. The van der Waals surface area contributed by atoms with E-state index in [1.54, 1.807) is 7.05 Å². The largest absolute Gasteiger partial charge is 0.296 e. The standard InChI is InChI=1S/C12H15ClN4O2/c1-6-10(13)9(15-14-6)5-17-3-7-8(4-17)12(19)16(2)11(7)18/h7-8H,3-5H2,1-2H3,(H,14,15)/t7-,8+. The van der Waals surface area contributed by atoms with Crippen LogP contribution in [0.5, 0.6) is 0 Å². The molecule has 3 rings (SSSR count). The van der Waals surface area contributed by atoms with Crippen LogP contribution in [0.4, 0.5) is 0 Å². The van der Waals surface area contributed by atoms with Crippen LogP contribution in [-0.2, 0) is 16.1 Å². The number of H-pyrrole nitrogens is 1. The van der Waals surface area contributed by atoms with Gasteiger partial charge in [0.15, 0.2) is 0 Å². The summed E-state index contributed by atoms with van der Waals surface area (Å²) in [4.78, 5) is 27.1. The Morgan fingerprint density at radius 3 is 2.37 bits per heavy atom. The normalized spacial score (nSPS) is 27.4. The van der Waals surface area contributed by atoms with Crippen LogP contribution in [0.25, 0.3) is 0 Å². The Morgan fingerprint density at radius 1 is 1.32 bits per heavy atom. The molecule has 0 bridgehead atoms. The number of imide groups is 1. The molecule has 7 heteroatoms. The van der Waals surface area contributed by atoms with Crippen molar-refractivity contribution in [3.63, 3.8) is 0 Å². The lowest BCUT2D eigenvalue weighted by molar-refractivity contribution is -0.138. The third-order valence-electron chi connectivity index (χ3n) is 4.01. The highest BCUT2D eigenvalue weighted by molar-refractivity contribution is 6.31. The Kier molecular flexibility index (Phi) is 2.87. The minimum absolute atomic E-state index is 0.0678. The number of likely N-dealkylation sites (tertiary alicyclic amines) is 2. The first-order valence-electron chi connectivity index (χ1n) is 6.22. The molecule has 2 saturated heterocycles. The molecule has 0 unspecified atom stereocenters. The van der Waals surface area contributed by atoms with Crippen molar-refractivity contribution in [3.05, 3.63) is 16.4 Å². The molecule has 0 aliphatic carbocycles. The van der Waals surface area contributed by atoms with Gasteiger partial charge in [-0.3, -0.25) is 24.5 Å². The summed E-state index contributed by atoms with van der Waals surface area (Å²) in [7, 11) is 1.56. The first-order chi connectivity index (χ1) is 8.99. The number of carbonyl (C=O) groups excluding carboxylic acids is 2. The Hall–Kier alpha value is -1.40. The minimum atomic E-state index is -0.198. The summed E-state index contributed by atoms with van der Waals surface area (Å²) in [6.45, 7) is 3.63. The molecule has 3 heterocycles. The fourth-order valence-corrected chi connectivity index (χ4v) is 3.05. The number of hydrogen-bond donors (Lipinski definition) is 1. The number of nitrogens with zero attached hydrogens (tertiary/aromatic N) is 3. The molecule has 1 N–H and O–H groups in total. The smallest absolute Gasteiger partial charge is 0.234 e. The van der Waals surface area contributed by atoms with E-state index in [-0.39, 0.29) is 23.7 Å². The van der Waals surface area contributed by atoms with Gasteiger partial charge in [0.25, 0.3) is 0 Å². The summed E-state index contributed by atoms with van der Waals surface area (Å²) in [5.74, 6) is -0.531. The van der Waals surface area contributed by atoms with Gasteiger partial charge in [0.2, 0.25) is 11.8 Å². The molecular weight excluding hydrogens is 268 g/mol. The zero-order valence-electron chi connectivity index (χ0n) is 10.8. The van der Waals surface area contributed by atoms with Crippen LogP contribution >= 0.6 is 11.6 Å². The van der Waals surface area contributed by atoms with Gasteiger partial charge in [0.1, 0.15) is 0 Å². The monoisotopic (exact) mass is 282 g/mol. The summed E-state index contributed by atoms with van der Waals surface area (Å²) in [6.07, 6.45) is 0. The molecule has 2 aliphatic rings. The van der Waals surface area contributed by atoms with E-state index >= 15 is 0 Å². The third-order valence-corrected chi connectivity index (χ3v) is 4.51. The second-order valence-corrected chi connectivity index (χ2v) is 5.63. The highest BCUT2D eigenvalue weighted by atomic mass is 35.5. The minimum Gasteiger partial charge on any atom is -0.296 e. The molecule has 1 aromatic heterocycles. The summed E-state index contributed by atoms with van der Waals surface area (Å²) in [5.41, 5.74) is 1.61. The average molecular weight is 283 g/mol. The maximum atomic E-state index is 11.9. The maximum Gasteiger partial charge on any atom is 0.234 e. The van der Waals surface area contributed by atoms with Crippen molar-refractivity contribution >= 4 is 23.4 Å². The van der Waals surface area contributed by atoms with Gasteiger partial charge in [-0.25, -0.2) is 0 Å². The van der Waals surface area contributed by atoms with Crippen LogP contribution in [0, 0.1) is 18.8 Å². The molecule has 2 fully saturated rings. The highest BCUT2D eigenvalue weighted by Crippen LogP contribution is 2.33. The summed E-state index contributed by atoms with van der Waals surface area (Å²) in [6, 6.07) is 0. The number of nitrogens with one attached hydrogen (secondary N) is 1. The number of halogens is 1. The van der Waals surface area contributed by atoms with Crippen LogP contribution in [-0.4, -0.2) is 51.9 Å². The lowest BCUT2D eigenvalue weighted by Crippen LogP contribution is -2.33. The molecule has 2 aliphatic heterocycles. The van der Waals surface area contributed by atoms with E-state index < -0.39 is 0 Å². The molecule has 2 amide bonds. The SMILES string of the molecule is Cc1[nH]nc(CN2C[C@@H]3C(=O)N(C)C(=O)[C@@H]3C2)c1Cl. The van der Waals surface area contributed by atoms with Gasteiger partial charge in [0.05, 0.1) is 28.2 Å². The predicted octanol–water partition coefficient (Wildman–Crippen LogP) is 0.418. The van der Waals surface area contributed by atoms with E-state index in [2.05, 4.69) is 15.1 Å². The molecule has 0 saturated carbocycles. The maximum absolute atomic E-state index is 11.9. The number of carbonyl (C=O) groups is 2.